The quantitative estimate of drug-likeness (QED) is 0.805. The predicted molar refractivity (Wildman–Crippen MR) is 81.9 cm³/mol. The van der Waals surface area contributed by atoms with Gasteiger partial charge in [0.1, 0.15) is 5.76 Å². The normalized spacial score (nSPS) is 11.8. The number of benzene rings is 1. The average Bonchev–Trinajstić information content (AvgIpc) is 2.93. The summed E-state index contributed by atoms with van der Waals surface area (Å²) in [5.74, 6) is 1.06. The van der Waals surface area contributed by atoms with E-state index in [2.05, 4.69) is 25.6 Å². The van der Waals surface area contributed by atoms with Gasteiger partial charge in [0, 0.05) is 17.4 Å². The first-order chi connectivity index (χ1) is 9.96. The van der Waals surface area contributed by atoms with E-state index in [4.69, 9.17) is 10.2 Å². The number of nitrogens with zero attached hydrogens (tertiary/aromatic N) is 1. The summed E-state index contributed by atoms with van der Waals surface area (Å²) in [4.78, 5) is 4.17. The number of aromatic nitrogens is 1. The zero-order valence-corrected chi connectivity index (χ0v) is 13.9. The molecular formula is C13H16BrN3O3S. The van der Waals surface area contributed by atoms with Crippen LogP contribution in [0.5, 0.6) is 0 Å². The number of hydrogen-bond acceptors (Lipinski definition) is 5. The molecule has 6 nitrogen and oxygen atoms in total. The maximum Gasteiger partial charge on any atom is 0.242 e. The van der Waals surface area contributed by atoms with Crippen molar-refractivity contribution in [2.75, 3.05) is 0 Å². The molecule has 0 aliphatic rings. The second kappa shape index (κ2) is 6.69. The standard InChI is InChI=1S/C13H16BrN3O3S/c1-2-10-7-16-13(20-10)8-17-21(18,19)12-4-3-9(6-15)5-11(12)14/h3-5,7,17H,2,6,8,15H2,1H3. The van der Waals surface area contributed by atoms with Crippen LogP contribution in [0.1, 0.15) is 24.1 Å². The molecule has 1 aromatic carbocycles. The predicted octanol–water partition coefficient (Wildman–Crippen LogP) is 1.94. The maximum atomic E-state index is 12.3. The molecule has 0 aliphatic heterocycles. The van der Waals surface area contributed by atoms with E-state index in [1.807, 2.05) is 6.92 Å². The molecule has 0 spiro atoms. The van der Waals surface area contributed by atoms with Gasteiger partial charge in [0.2, 0.25) is 15.9 Å². The first-order valence-electron chi connectivity index (χ1n) is 6.38. The van der Waals surface area contributed by atoms with Gasteiger partial charge in [0.05, 0.1) is 17.6 Å². The molecule has 2 aromatic rings. The van der Waals surface area contributed by atoms with Gasteiger partial charge in [-0.3, -0.25) is 0 Å². The number of hydrogen-bond donors (Lipinski definition) is 2. The van der Waals surface area contributed by atoms with E-state index in [9.17, 15) is 8.42 Å². The third-order valence-electron chi connectivity index (χ3n) is 2.88. The number of rotatable bonds is 6. The Labute approximate surface area is 131 Å². The summed E-state index contributed by atoms with van der Waals surface area (Å²) in [6.45, 7) is 2.29. The summed E-state index contributed by atoms with van der Waals surface area (Å²) in [5.41, 5.74) is 6.37. The molecule has 21 heavy (non-hydrogen) atoms. The van der Waals surface area contributed by atoms with Crippen LogP contribution in [-0.2, 0) is 29.5 Å². The number of aryl methyl sites for hydroxylation is 1. The lowest BCUT2D eigenvalue weighted by molar-refractivity contribution is 0.452. The first-order valence-corrected chi connectivity index (χ1v) is 8.65. The molecule has 8 heteroatoms. The molecule has 0 atom stereocenters. The fourth-order valence-corrected chi connectivity index (χ4v) is 3.81. The first kappa shape index (κ1) is 16.2. The molecule has 0 saturated carbocycles. The van der Waals surface area contributed by atoms with E-state index in [0.717, 1.165) is 11.3 Å². The summed E-state index contributed by atoms with van der Waals surface area (Å²) >= 11 is 3.25. The van der Waals surface area contributed by atoms with Crippen LogP contribution in [-0.4, -0.2) is 13.4 Å². The second-order valence-electron chi connectivity index (χ2n) is 4.37. The smallest absolute Gasteiger partial charge is 0.242 e. The minimum Gasteiger partial charge on any atom is -0.444 e. The Hall–Kier alpha value is -1.22. The molecule has 0 fully saturated rings. The van der Waals surface area contributed by atoms with Crippen LogP contribution in [0.2, 0.25) is 0 Å². The highest BCUT2D eigenvalue weighted by Crippen LogP contribution is 2.23. The molecular weight excluding hydrogens is 358 g/mol. The van der Waals surface area contributed by atoms with Gasteiger partial charge in [-0.25, -0.2) is 18.1 Å². The molecule has 0 aliphatic carbocycles. The summed E-state index contributed by atoms with van der Waals surface area (Å²) in [6.07, 6.45) is 2.31. The van der Waals surface area contributed by atoms with Crippen LogP contribution < -0.4 is 10.5 Å². The van der Waals surface area contributed by atoms with Crippen molar-refractivity contribution in [1.29, 1.82) is 0 Å². The molecule has 0 saturated heterocycles. The molecule has 1 heterocycles. The molecule has 114 valence electrons. The number of sulfonamides is 1. The number of halogens is 1. The molecule has 3 N–H and O–H groups in total. The largest absolute Gasteiger partial charge is 0.444 e. The van der Waals surface area contributed by atoms with E-state index in [-0.39, 0.29) is 11.4 Å². The summed E-state index contributed by atoms with van der Waals surface area (Å²) in [7, 11) is -3.65. The van der Waals surface area contributed by atoms with Gasteiger partial charge in [-0.1, -0.05) is 13.0 Å². The topological polar surface area (TPSA) is 98.2 Å². The van der Waals surface area contributed by atoms with Gasteiger partial charge in [-0.05, 0) is 33.6 Å². The third-order valence-corrected chi connectivity index (χ3v) is 5.26. The Balaban J connectivity index is 2.14. The van der Waals surface area contributed by atoms with Gasteiger partial charge in [0.25, 0.3) is 0 Å². The molecule has 2 rings (SSSR count). The van der Waals surface area contributed by atoms with Crippen LogP contribution in [0, 0.1) is 0 Å². The summed E-state index contributed by atoms with van der Waals surface area (Å²) < 4.78 is 32.8. The Morgan fingerprint density at radius 3 is 2.76 bits per heavy atom. The summed E-state index contributed by atoms with van der Waals surface area (Å²) in [5, 5.41) is 0. The minimum absolute atomic E-state index is 0.00735. The zero-order valence-electron chi connectivity index (χ0n) is 11.5. The lowest BCUT2D eigenvalue weighted by atomic mass is 10.2. The van der Waals surface area contributed by atoms with Gasteiger partial charge >= 0.3 is 0 Å². The van der Waals surface area contributed by atoms with Crippen LogP contribution in [0.25, 0.3) is 0 Å². The highest BCUT2D eigenvalue weighted by Gasteiger charge is 2.18. The maximum absolute atomic E-state index is 12.3. The van der Waals surface area contributed by atoms with Crippen molar-refractivity contribution in [1.82, 2.24) is 9.71 Å². The van der Waals surface area contributed by atoms with Crippen LogP contribution >= 0.6 is 15.9 Å². The van der Waals surface area contributed by atoms with Crippen molar-refractivity contribution in [2.24, 2.45) is 5.73 Å². The van der Waals surface area contributed by atoms with Gasteiger partial charge in [-0.2, -0.15) is 0 Å². The molecule has 1 aromatic heterocycles. The molecule has 0 unspecified atom stereocenters. The van der Waals surface area contributed by atoms with Crippen molar-refractivity contribution in [2.45, 2.75) is 31.3 Å². The highest BCUT2D eigenvalue weighted by atomic mass is 79.9. The van der Waals surface area contributed by atoms with E-state index in [1.54, 1.807) is 18.3 Å². The van der Waals surface area contributed by atoms with Crippen molar-refractivity contribution >= 4 is 26.0 Å². The van der Waals surface area contributed by atoms with Gasteiger partial charge < -0.3 is 10.2 Å². The molecule has 0 radical (unpaired) electrons. The third kappa shape index (κ3) is 3.91. The number of oxazole rings is 1. The van der Waals surface area contributed by atoms with Crippen molar-refractivity contribution in [3.05, 3.63) is 46.1 Å². The lowest BCUT2D eigenvalue weighted by Crippen LogP contribution is -2.23. The summed E-state index contributed by atoms with van der Waals surface area (Å²) in [6, 6.07) is 4.89. The van der Waals surface area contributed by atoms with Crippen LogP contribution in [0.4, 0.5) is 0 Å². The van der Waals surface area contributed by atoms with Crippen molar-refractivity contribution in [3.63, 3.8) is 0 Å². The second-order valence-corrected chi connectivity index (χ2v) is 6.96. The average molecular weight is 374 g/mol. The Kier molecular flexibility index (Phi) is 5.15. The fourth-order valence-electron chi connectivity index (χ4n) is 1.72. The van der Waals surface area contributed by atoms with E-state index < -0.39 is 10.0 Å². The number of nitrogens with two attached hydrogens (primary N) is 1. The van der Waals surface area contributed by atoms with Crippen LogP contribution in [0.15, 0.2) is 38.2 Å². The fraction of sp³-hybridized carbons (Fsp3) is 0.308. The van der Waals surface area contributed by atoms with E-state index in [1.165, 1.54) is 6.07 Å². The Morgan fingerprint density at radius 1 is 1.43 bits per heavy atom. The van der Waals surface area contributed by atoms with Crippen molar-refractivity contribution < 1.29 is 12.8 Å². The molecule has 0 bridgehead atoms. The zero-order chi connectivity index (χ0) is 15.5. The lowest BCUT2D eigenvalue weighted by Gasteiger charge is -2.08. The van der Waals surface area contributed by atoms with Crippen LogP contribution in [0.3, 0.4) is 0 Å². The van der Waals surface area contributed by atoms with Crippen molar-refractivity contribution in [3.8, 4) is 0 Å². The van der Waals surface area contributed by atoms with E-state index in [0.29, 0.717) is 23.3 Å². The number of nitrogens with one attached hydrogen (secondary N) is 1. The monoisotopic (exact) mass is 373 g/mol. The van der Waals surface area contributed by atoms with Gasteiger partial charge in [-0.15, -0.1) is 0 Å². The van der Waals surface area contributed by atoms with Gasteiger partial charge in [0.15, 0.2) is 0 Å². The SMILES string of the molecule is CCc1cnc(CNS(=O)(=O)c2ccc(CN)cc2Br)o1. The Morgan fingerprint density at radius 2 is 2.19 bits per heavy atom. The minimum atomic E-state index is -3.65. The molecule has 0 amide bonds. The Bertz CT molecular complexity index is 728. The highest BCUT2D eigenvalue weighted by molar-refractivity contribution is 9.10. The van der Waals surface area contributed by atoms with E-state index >= 15 is 0 Å².